The Bertz CT molecular complexity index is 1210. The lowest BCUT2D eigenvalue weighted by atomic mass is 10.1. The highest BCUT2D eigenvalue weighted by Crippen LogP contribution is 2.36. The molecule has 4 nitrogen and oxygen atoms in total. The molecule has 1 fully saturated rings. The molecule has 0 radical (unpaired) electrons. The van der Waals surface area contributed by atoms with Crippen molar-refractivity contribution in [3.05, 3.63) is 89.0 Å². The van der Waals surface area contributed by atoms with Crippen LogP contribution in [0.2, 0.25) is 0 Å². The number of halogens is 6. The minimum atomic E-state index is -4.93. The second-order valence-corrected chi connectivity index (χ2v) is 8.08. The first-order valence-corrected chi connectivity index (χ1v) is 10.6. The predicted molar refractivity (Wildman–Crippen MR) is 116 cm³/mol. The van der Waals surface area contributed by atoms with E-state index in [0.29, 0.717) is 29.3 Å². The summed E-state index contributed by atoms with van der Waals surface area (Å²) >= 11 is 0. The highest BCUT2D eigenvalue weighted by Gasteiger charge is 2.36. The summed E-state index contributed by atoms with van der Waals surface area (Å²) in [5.74, 6) is 6.71. The molecule has 1 aliphatic carbocycles. The number of hydrogen-bond donors (Lipinski definition) is 0. The quantitative estimate of drug-likeness (QED) is 0.176. The Balaban J connectivity index is 1.56. The van der Waals surface area contributed by atoms with E-state index in [4.69, 9.17) is 4.84 Å². The van der Waals surface area contributed by atoms with Gasteiger partial charge in [0.25, 0.3) is 0 Å². The summed E-state index contributed by atoms with van der Waals surface area (Å²) in [7, 11) is 0. The zero-order valence-corrected chi connectivity index (χ0v) is 18.2. The summed E-state index contributed by atoms with van der Waals surface area (Å²) < 4.78 is 80.3. The zero-order chi connectivity index (χ0) is 25.1. The number of alkyl halides is 6. The zero-order valence-electron chi connectivity index (χ0n) is 18.2. The van der Waals surface area contributed by atoms with Crippen molar-refractivity contribution in [2.75, 3.05) is 0 Å². The van der Waals surface area contributed by atoms with Crippen LogP contribution in [0.4, 0.5) is 26.3 Å². The van der Waals surface area contributed by atoms with Gasteiger partial charge in [0.05, 0.1) is 24.0 Å². The smallest absolute Gasteiger partial charge is 0.391 e. The molecule has 0 aliphatic heterocycles. The second-order valence-electron chi connectivity index (χ2n) is 8.08. The van der Waals surface area contributed by atoms with Crippen molar-refractivity contribution < 1.29 is 31.2 Å². The number of aromatic nitrogens is 2. The van der Waals surface area contributed by atoms with E-state index in [9.17, 15) is 26.3 Å². The molecule has 0 bridgehead atoms. The molecule has 1 saturated carbocycles. The van der Waals surface area contributed by atoms with E-state index in [1.807, 2.05) is 12.1 Å². The molecule has 1 aromatic heterocycles. The van der Waals surface area contributed by atoms with Crippen molar-refractivity contribution in [3.63, 3.8) is 0 Å². The second kappa shape index (κ2) is 9.86. The molecule has 0 N–H and O–H groups in total. The third-order valence-corrected chi connectivity index (χ3v) is 5.16. The van der Waals surface area contributed by atoms with Crippen LogP contribution in [0.25, 0.3) is 0 Å². The van der Waals surface area contributed by atoms with Gasteiger partial charge in [-0.15, -0.1) is 0 Å². The van der Waals surface area contributed by atoms with E-state index >= 15 is 0 Å². The van der Waals surface area contributed by atoms with Gasteiger partial charge in [0.2, 0.25) is 0 Å². The van der Waals surface area contributed by atoms with Gasteiger partial charge in [0, 0.05) is 29.4 Å². The van der Waals surface area contributed by atoms with Crippen molar-refractivity contribution in [3.8, 4) is 11.8 Å². The molecule has 10 heteroatoms. The molecule has 0 saturated heterocycles. The number of hydrogen-bond acceptors (Lipinski definition) is 3. The number of rotatable bonds is 6. The summed E-state index contributed by atoms with van der Waals surface area (Å²) in [6, 6.07) is 8.50. The topological polar surface area (TPSA) is 39.4 Å². The summed E-state index contributed by atoms with van der Waals surface area (Å²) in [5, 5.41) is 4.03. The van der Waals surface area contributed by atoms with E-state index in [2.05, 4.69) is 22.0 Å². The summed E-state index contributed by atoms with van der Waals surface area (Å²) in [6.07, 6.45) is -2.84. The van der Waals surface area contributed by atoms with Crippen LogP contribution in [0.3, 0.4) is 0 Å². The van der Waals surface area contributed by atoms with Crippen LogP contribution in [-0.2, 0) is 30.3 Å². The van der Waals surface area contributed by atoms with E-state index in [1.54, 1.807) is 35.4 Å². The first kappa shape index (κ1) is 24.4. The fourth-order valence-corrected chi connectivity index (χ4v) is 3.17. The summed E-state index contributed by atoms with van der Waals surface area (Å²) in [6.45, 7) is -0.352. The van der Waals surface area contributed by atoms with Crippen LogP contribution in [0.1, 0.15) is 40.7 Å². The molecule has 182 valence electrons. The third kappa shape index (κ3) is 6.88. The average Bonchev–Trinajstić information content (AvgIpc) is 3.49. The van der Waals surface area contributed by atoms with Crippen molar-refractivity contribution in [1.82, 2.24) is 9.55 Å². The Hall–Kier alpha value is -3.74. The number of oxime groups is 1. The summed E-state index contributed by atoms with van der Waals surface area (Å²) in [4.78, 5) is 9.19. The van der Waals surface area contributed by atoms with Gasteiger partial charge in [-0.25, -0.2) is 4.98 Å². The van der Waals surface area contributed by atoms with Gasteiger partial charge in [0.15, 0.2) is 0 Å². The molecular weight excluding hydrogens is 472 g/mol. The van der Waals surface area contributed by atoms with Crippen LogP contribution in [0, 0.1) is 17.8 Å². The molecule has 0 spiro atoms. The van der Waals surface area contributed by atoms with Crippen molar-refractivity contribution in [2.24, 2.45) is 11.1 Å². The lowest BCUT2D eigenvalue weighted by Gasteiger charge is -2.14. The molecular formula is C25H19F6N3O. The molecule has 3 aromatic rings. The van der Waals surface area contributed by atoms with Crippen molar-refractivity contribution in [1.29, 1.82) is 0 Å². The minimum Gasteiger partial charge on any atom is -0.391 e. The lowest BCUT2D eigenvalue weighted by Crippen LogP contribution is -2.13. The van der Waals surface area contributed by atoms with Gasteiger partial charge in [0.1, 0.15) is 12.3 Å². The standard InChI is InChI=1S/C25H19F6N3O/c26-24(27,28)21-11-19(12-22(13-21)25(29,30)31)15-35-33-23(14-34-10-9-32-16-34)20-7-5-18(6-8-20)4-3-17-1-2-17/h5-13,16-17H,1-2,14-15H2/b33-23+. The van der Waals surface area contributed by atoms with Crippen LogP contribution < -0.4 is 0 Å². The first-order valence-electron chi connectivity index (χ1n) is 10.6. The molecule has 4 rings (SSSR count). The minimum absolute atomic E-state index is 0.0743. The van der Waals surface area contributed by atoms with Gasteiger partial charge < -0.3 is 9.40 Å². The maximum Gasteiger partial charge on any atom is 0.416 e. The Labute approximate surface area is 197 Å². The number of nitrogens with zero attached hydrogens (tertiary/aromatic N) is 3. The van der Waals surface area contributed by atoms with E-state index < -0.39 is 30.1 Å². The van der Waals surface area contributed by atoms with Gasteiger partial charge in [-0.3, -0.25) is 0 Å². The Morgan fingerprint density at radius 2 is 1.66 bits per heavy atom. The molecule has 2 aromatic carbocycles. The fraction of sp³-hybridized carbons (Fsp3) is 0.280. The monoisotopic (exact) mass is 491 g/mol. The number of benzene rings is 2. The Morgan fingerprint density at radius 1 is 1.00 bits per heavy atom. The lowest BCUT2D eigenvalue weighted by molar-refractivity contribution is -0.143. The SMILES string of the molecule is FC(F)(F)c1cc(CO/N=C(\Cn2ccnc2)c2ccc(C#CC3CC3)cc2)cc(C(F)(F)F)c1. The highest BCUT2D eigenvalue weighted by molar-refractivity contribution is 6.00. The summed E-state index contributed by atoms with van der Waals surface area (Å²) in [5.41, 5.74) is -1.22. The molecule has 35 heavy (non-hydrogen) atoms. The Morgan fingerprint density at radius 3 is 2.20 bits per heavy atom. The molecule has 0 atom stereocenters. The Kier molecular flexibility index (Phi) is 6.87. The third-order valence-electron chi connectivity index (χ3n) is 5.16. The fourth-order valence-electron chi connectivity index (χ4n) is 3.17. The predicted octanol–water partition coefficient (Wildman–Crippen LogP) is 6.30. The maximum absolute atomic E-state index is 13.1. The van der Waals surface area contributed by atoms with Crippen molar-refractivity contribution in [2.45, 2.75) is 38.3 Å². The van der Waals surface area contributed by atoms with Crippen molar-refractivity contribution >= 4 is 5.71 Å². The number of imidazole rings is 1. The van der Waals surface area contributed by atoms with Gasteiger partial charge >= 0.3 is 12.4 Å². The molecule has 1 aliphatic rings. The van der Waals surface area contributed by atoms with Crippen LogP contribution in [-0.4, -0.2) is 15.3 Å². The molecule has 0 amide bonds. The van der Waals surface area contributed by atoms with Crippen LogP contribution in [0.15, 0.2) is 66.3 Å². The van der Waals surface area contributed by atoms with E-state index in [-0.39, 0.29) is 18.2 Å². The molecule has 1 heterocycles. The first-order chi connectivity index (χ1) is 16.6. The van der Waals surface area contributed by atoms with E-state index in [1.165, 1.54) is 0 Å². The maximum atomic E-state index is 13.1. The molecule has 0 unspecified atom stereocenters. The van der Waals surface area contributed by atoms with Crippen LogP contribution >= 0.6 is 0 Å². The van der Waals surface area contributed by atoms with Gasteiger partial charge in [-0.1, -0.05) is 29.1 Å². The highest BCUT2D eigenvalue weighted by atomic mass is 19.4. The van der Waals surface area contributed by atoms with E-state index in [0.717, 1.165) is 18.4 Å². The van der Waals surface area contributed by atoms with Gasteiger partial charge in [-0.2, -0.15) is 26.3 Å². The average molecular weight is 491 g/mol. The van der Waals surface area contributed by atoms with Crippen LogP contribution in [0.5, 0.6) is 0 Å². The van der Waals surface area contributed by atoms with Gasteiger partial charge in [-0.05, 0) is 48.7 Å². The largest absolute Gasteiger partial charge is 0.416 e. The normalized spacial score (nSPS) is 14.4.